The molecule has 0 fully saturated rings. The van der Waals surface area contributed by atoms with E-state index in [9.17, 15) is 4.79 Å². The van der Waals surface area contributed by atoms with E-state index < -0.39 is 0 Å². The van der Waals surface area contributed by atoms with E-state index in [1.807, 2.05) is 43.1 Å². The molecule has 0 spiro atoms. The van der Waals surface area contributed by atoms with Gasteiger partial charge in [0.2, 0.25) is 5.91 Å². The fourth-order valence-corrected chi connectivity index (χ4v) is 2.59. The van der Waals surface area contributed by atoms with Gasteiger partial charge in [0.15, 0.2) is 0 Å². The minimum Gasteiger partial charge on any atom is -0.497 e. The van der Waals surface area contributed by atoms with Gasteiger partial charge in [0.05, 0.1) is 20.3 Å². The first kappa shape index (κ1) is 19.1. The average Bonchev–Trinajstić information content (AvgIpc) is 2.61. The maximum absolute atomic E-state index is 12.5. The van der Waals surface area contributed by atoms with E-state index >= 15 is 0 Å². The summed E-state index contributed by atoms with van der Waals surface area (Å²) in [6.07, 6.45) is 0. The molecular weight excluding hydrogens is 340 g/mol. The van der Waals surface area contributed by atoms with E-state index in [0.717, 1.165) is 17.1 Å². The van der Waals surface area contributed by atoms with Crippen molar-refractivity contribution in [1.29, 1.82) is 0 Å². The quantitative estimate of drug-likeness (QED) is 0.813. The number of carbonyl (C=O) groups excluding carboxylic acids is 1. The van der Waals surface area contributed by atoms with Gasteiger partial charge in [-0.25, -0.2) is 0 Å². The normalized spacial score (nSPS) is 11.9. The Morgan fingerprint density at radius 3 is 2.60 bits per heavy atom. The second kappa shape index (κ2) is 8.74. The summed E-state index contributed by atoms with van der Waals surface area (Å²) in [7, 11) is 5.13. The fourth-order valence-electron chi connectivity index (χ4n) is 2.40. The molecule has 5 nitrogen and oxygen atoms in total. The van der Waals surface area contributed by atoms with Crippen LogP contribution in [0, 0.1) is 0 Å². The highest BCUT2D eigenvalue weighted by atomic mass is 35.5. The molecule has 0 aliphatic carbocycles. The molecular formula is C19H23ClN2O3. The van der Waals surface area contributed by atoms with Gasteiger partial charge in [-0.1, -0.05) is 23.7 Å². The van der Waals surface area contributed by atoms with Crippen LogP contribution in [0.4, 0.5) is 5.69 Å². The molecule has 0 bridgehead atoms. The smallest absolute Gasteiger partial charge is 0.241 e. The maximum atomic E-state index is 12.5. The number of anilines is 1. The Hall–Kier alpha value is -2.24. The van der Waals surface area contributed by atoms with Gasteiger partial charge in [-0.3, -0.25) is 9.69 Å². The topological polar surface area (TPSA) is 50.8 Å². The van der Waals surface area contributed by atoms with Gasteiger partial charge in [0, 0.05) is 28.9 Å². The number of ether oxygens (including phenoxy) is 2. The van der Waals surface area contributed by atoms with Gasteiger partial charge in [-0.15, -0.1) is 0 Å². The molecule has 0 aliphatic heterocycles. The lowest BCUT2D eigenvalue weighted by molar-refractivity contribution is -0.120. The van der Waals surface area contributed by atoms with Crippen molar-refractivity contribution >= 4 is 23.2 Å². The summed E-state index contributed by atoms with van der Waals surface area (Å²) in [5, 5.41) is 3.46. The minimum atomic E-state index is -0.328. The highest BCUT2D eigenvalue weighted by molar-refractivity contribution is 6.30. The summed E-state index contributed by atoms with van der Waals surface area (Å²) in [6, 6.07) is 12.4. The second-order valence-electron chi connectivity index (χ2n) is 5.77. The zero-order valence-electron chi connectivity index (χ0n) is 14.9. The Morgan fingerprint density at radius 2 is 1.96 bits per heavy atom. The predicted molar refractivity (Wildman–Crippen MR) is 101 cm³/mol. The van der Waals surface area contributed by atoms with Crippen molar-refractivity contribution in [1.82, 2.24) is 4.90 Å². The SMILES string of the molecule is COc1ccc(CN(C)[C@H](C)C(=O)Nc2cccc(Cl)c2)c(OC)c1. The molecule has 0 radical (unpaired) electrons. The first-order valence-corrected chi connectivity index (χ1v) is 8.30. The summed E-state index contributed by atoms with van der Waals surface area (Å²) >= 11 is 5.95. The number of methoxy groups -OCH3 is 2. The lowest BCUT2D eigenvalue weighted by Crippen LogP contribution is -2.39. The Kier molecular flexibility index (Phi) is 6.67. The molecule has 0 heterocycles. The van der Waals surface area contributed by atoms with Crippen molar-refractivity contribution in [2.75, 3.05) is 26.6 Å². The van der Waals surface area contributed by atoms with Crippen molar-refractivity contribution in [3.63, 3.8) is 0 Å². The van der Waals surface area contributed by atoms with Gasteiger partial charge in [-0.05, 0) is 38.2 Å². The highest BCUT2D eigenvalue weighted by Crippen LogP contribution is 2.26. The van der Waals surface area contributed by atoms with E-state index in [4.69, 9.17) is 21.1 Å². The molecule has 1 amide bonds. The molecule has 2 aromatic carbocycles. The zero-order chi connectivity index (χ0) is 18.4. The Balaban J connectivity index is 2.04. The first-order valence-electron chi connectivity index (χ1n) is 7.92. The minimum absolute atomic E-state index is 0.0998. The Bertz CT molecular complexity index is 736. The number of amides is 1. The number of nitrogens with one attached hydrogen (secondary N) is 1. The summed E-state index contributed by atoms with van der Waals surface area (Å²) < 4.78 is 10.6. The van der Waals surface area contributed by atoms with Crippen molar-refractivity contribution in [2.24, 2.45) is 0 Å². The van der Waals surface area contributed by atoms with Crippen LogP contribution < -0.4 is 14.8 Å². The number of halogens is 1. The number of hydrogen-bond donors (Lipinski definition) is 1. The van der Waals surface area contributed by atoms with Crippen LogP contribution in [0.2, 0.25) is 5.02 Å². The number of benzene rings is 2. The average molecular weight is 363 g/mol. The predicted octanol–water partition coefficient (Wildman–Crippen LogP) is 3.82. The number of nitrogens with zero attached hydrogens (tertiary/aromatic N) is 1. The lowest BCUT2D eigenvalue weighted by atomic mass is 10.1. The summed E-state index contributed by atoms with van der Waals surface area (Å²) in [4.78, 5) is 14.4. The molecule has 0 saturated carbocycles. The third-order valence-electron chi connectivity index (χ3n) is 4.05. The second-order valence-corrected chi connectivity index (χ2v) is 6.20. The number of rotatable bonds is 7. The van der Waals surface area contributed by atoms with E-state index in [0.29, 0.717) is 17.3 Å². The van der Waals surface area contributed by atoms with E-state index in [-0.39, 0.29) is 11.9 Å². The van der Waals surface area contributed by atoms with Gasteiger partial charge in [0.25, 0.3) is 0 Å². The van der Waals surface area contributed by atoms with Crippen LogP contribution in [0.1, 0.15) is 12.5 Å². The largest absolute Gasteiger partial charge is 0.497 e. The summed E-state index contributed by atoms with van der Waals surface area (Å²) in [6.45, 7) is 2.42. The molecule has 1 atom stereocenters. The van der Waals surface area contributed by atoms with Gasteiger partial charge < -0.3 is 14.8 Å². The van der Waals surface area contributed by atoms with E-state index in [1.54, 1.807) is 32.4 Å². The maximum Gasteiger partial charge on any atom is 0.241 e. The van der Waals surface area contributed by atoms with Crippen LogP contribution in [0.5, 0.6) is 11.5 Å². The molecule has 0 aliphatic rings. The summed E-state index contributed by atoms with van der Waals surface area (Å²) in [5.74, 6) is 1.36. The molecule has 0 unspecified atom stereocenters. The highest BCUT2D eigenvalue weighted by Gasteiger charge is 2.19. The Morgan fingerprint density at radius 1 is 1.20 bits per heavy atom. The van der Waals surface area contributed by atoms with Crippen LogP contribution >= 0.6 is 11.6 Å². The van der Waals surface area contributed by atoms with Crippen molar-refractivity contribution < 1.29 is 14.3 Å². The van der Waals surface area contributed by atoms with Crippen LogP contribution in [-0.2, 0) is 11.3 Å². The summed E-state index contributed by atoms with van der Waals surface area (Å²) in [5.41, 5.74) is 1.66. The van der Waals surface area contributed by atoms with Crippen LogP contribution in [0.25, 0.3) is 0 Å². The molecule has 6 heteroatoms. The van der Waals surface area contributed by atoms with Crippen molar-refractivity contribution in [3.8, 4) is 11.5 Å². The van der Waals surface area contributed by atoms with Crippen LogP contribution in [0.15, 0.2) is 42.5 Å². The van der Waals surface area contributed by atoms with Gasteiger partial charge >= 0.3 is 0 Å². The molecule has 1 N–H and O–H groups in total. The van der Waals surface area contributed by atoms with Gasteiger partial charge in [0.1, 0.15) is 11.5 Å². The number of hydrogen-bond acceptors (Lipinski definition) is 4. The number of likely N-dealkylation sites (N-methyl/N-ethyl adjacent to an activating group) is 1. The fraction of sp³-hybridized carbons (Fsp3) is 0.316. The van der Waals surface area contributed by atoms with Crippen molar-refractivity contribution in [2.45, 2.75) is 19.5 Å². The molecule has 2 rings (SSSR count). The standard InChI is InChI=1S/C19H23ClN2O3/c1-13(19(23)21-16-7-5-6-15(20)10-16)22(2)12-14-8-9-17(24-3)11-18(14)25-4/h5-11,13H,12H2,1-4H3,(H,21,23)/t13-/m1/s1. The molecule has 0 saturated heterocycles. The monoisotopic (exact) mass is 362 g/mol. The van der Waals surface area contributed by atoms with Crippen LogP contribution in [0.3, 0.4) is 0 Å². The lowest BCUT2D eigenvalue weighted by Gasteiger charge is -2.25. The molecule has 134 valence electrons. The third kappa shape index (κ3) is 5.11. The van der Waals surface area contributed by atoms with Crippen LogP contribution in [-0.4, -0.2) is 38.1 Å². The zero-order valence-corrected chi connectivity index (χ0v) is 15.6. The van der Waals surface area contributed by atoms with Gasteiger partial charge in [-0.2, -0.15) is 0 Å². The first-order chi connectivity index (χ1) is 11.9. The number of carbonyl (C=O) groups is 1. The van der Waals surface area contributed by atoms with Crippen molar-refractivity contribution in [3.05, 3.63) is 53.1 Å². The molecule has 25 heavy (non-hydrogen) atoms. The Labute approximate surface area is 153 Å². The van der Waals surface area contributed by atoms with E-state index in [2.05, 4.69) is 5.32 Å². The van der Waals surface area contributed by atoms with E-state index in [1.165, 1.54) is 0 Å². The molecule has 0 aromatic heterocycles. The third-order valence-corrected chi connectivity index (χ3v) is 4.28. The molecule has 2 aromatic rings.